The van der Waals surface area contributed by atoms with E-state index in [0.29, 0.717) is 11.0 Å². The first kappa shape index (κ1) is 24.3. The Balaban J connectivity index is 1.78. The van der Waals surface area contributed by atoms with Crippen molar-refractivity contribution in [2.24, 2.45) is 14.1 Å². The van der Waals surface area contributed by atoms with Gasteiger partial charge in [-0.3, -0.25) is 13.9 Å². The summed E-state index contributed by atoms with van der Waals surface area (Å²) in [4.78, 5) is 51.7. The largest absolute Gasteiger partial charge is 0.464 e. The molecule has 37 heavy (non-hydrogen) atoms. The van der Waals surface area contributed by atoms with Crippen LogP contribution in [0.5, 0.6) is 0 Å². The first-order chi connectivity index (χ1) is 17.5. The summed E-state index contributed by atoms with van der Waals surface area (Å²) in [6, 6.07) is 7.10. The molecule has 0 unspecified atom stereocenters. The number of methoxy groups -OCH3 is 1. The van der Waals surface area contributed by atoms with Crippen LogP contribution >= 0.6 is 0 Å². The number of benzene rings is 2. The molecule has 0 saturated carbocycles. The van der Waals surface area contributed by atoms with E-state index in [1.54, 1.807) is 20.2 Å². The number of halogens is 3. The maximum atomic E-state index is 13.6. The Kier molecular flexibility index (Phi) is 5.46. The SMILES string of the molecule is COC(=O)c1nn(-c2ccc3c(c2)n(C)c(=O)n3C)c(=O)n([C@@H]2CCc3c2cccc3C(F)(F)F)c1=O. The fraction of sp³-hybridized carbons (Fsp3) is 0.292. The maximum Gasteiger partial charge on any atom is 0.416 e. The van der Waals surface area contributed by atoms with Gasteiger partial charge >= 0.3 is 23.5 Å². The summed E-state index contributed by atoms with van der Waals surface area (Å²) in [5.41, 5.74) is -2.55. The minimum atomic E-state index is -4.61. The predicted molar refractivity (Wildman–Crippen MR) is 125 cm³/mol. The Hall–Kier alpha value is -4.42. The zero-order valence-corrected chi connectivity index (χ0v) is 19.9. The Morgan fingerprint density at radius 2 is 1.73 bits per heavy atom. The van der Waals surface area contributed by atoms with Gasteiger partial charge in [-0.1, -0.05) is 12.1 Å². The lowest BCUT2D eigenvalue weighted by atomic mass is 10.0. The van der Waals surface area contributed by atoms with E-state index in [1.807, 2.05) is 0 Å². The first-order valence-electron chi connectivity index (χ1n) is 11.1. The number of alkyl halides is 3. The van der Waals surface area contributed by atoms with Gasteiger partial charge in [0.1, 0.15) is 0 Å². The molecule has 1 aliphatic carbocycles. The number of aromatic nitrogens is 5. The summed E-state index contributed by atoms with van der Waals surface area (Å²) >= 11 is 0. The standard InChI is InChI=1S/C24H20F3N5O5/c1-29-17-9-7-12(11-18(17)30(2)22(29)35)32-23(36)31(20(33)19(28-32)21(34)37-3)16-10-8-13-14(16)5-4-6-15(13)24(25,26)27/h4-7,9,11,16H,8,10H2,1-3H3/t16-/m1/s1. The molecule has 4 aromatic rings. The van der Waals surface area contributed by atoms with Crippen LogP contribution in [0.1, 0.15) is 39.6 Å². The molecule has 192 valence electrons. The molecule has 0 saturated heterocycles. The van der Waals surface area contributed by atoms with E-state index in [2.05, 4.69) is 9.84 Å². The van der Waals surface area contributed by atoms with Gasteiger partial charge in [0.15, 0.2) is 0 Å². The number of ether oxygens (including phenoxy) is 1. The van der Waals surface area contributed by atoms with Crippen molar-refractivity contribution in [3.8, 4) is 5.69 Å². The van der Waals surface area contributed by atoms with Crippen LogP contribution in [-0.2, 0) is 31.4 Å². The maximum absolute atomic E-state index is 13.6. The molecule has 0 aliphatic heterocycles. The van der Waals surface area contributed by atoms with Crippen molar-refractivity contribution in [1.29, 1.82) is 0 Å². The molecule has 2 heterocycles. The highest BCUT2D eigenvalue weighted by Gasteiger charge is 2.39. The Labute approximate surface area is 205 Å². The minimum absolute atomic E-state index is 0.00464. The molecule has 0 spiro atoms. The van der Waals surface area contributed by atoms with Crippen molar-refractivity contribution in [2.45, 2.75) is 25.1 Å². The third kappa shape index (κ3) is 3.60. The second-order valence-corrected chi connectivity index (χ2v) is 8.71. The molecule has 0 N–H and O–H groups in total. The quantitative estimate of drug-likeness (QED) is 0.386. The number of nitrogens with zero attached hydrogens (tertiary/aromatic N) is 5. The molecule has 0 bridgehead atoms. The molecule has 0 amide bonds. The van der Waals surface area contributed by atoms with Crippen molar-refractivity contribution in [3.63, 3.8) is 0 Å². The van der Waals surface area contributed by atoms with Gasteiger partial charge in [0.25, 0.3) is 5.56 Å². The zero-order valence-electron chi connectivity index (χ0n) is 19.9. The molecule has 13 heteroatoms. The summed E-state index contributed by atoms with van der Waals surface area (Å²) in [6.07, 6.45) is -4.59. The van der Waals surface area contributed by atoms with Gasteiger partial charge < -0.3 is 4.74 Å². The second-order valence-electron chi connectivity index (χ2n) is 8.71. The smallest absolute Gasteiger partial charge is 0.416 e. The minimum Gasteiger partial charge on any atom is -0.464 e. The van der Waals surface area contributed by atoms with Crippen LogP contribution in [0, 0.1) is 0 Å². The number of rotatable bonds is 3. The van der Waals surface area contributed by atoms with E-state index < -0.39 is 40.7 Å². The van der Waals surface area contributed by atoms with Crippen molar-refractivity contribution < 1.29 is 22.7 Å². The highest BCUT2D eigenvalue weighted by atomic mass is 19.4. The van der Waals surface area contributed by atoms with Gasteiger partial charge in [0.05, 0.1) is 35.4 Å². The Bertz CT molecular complexity index is 1780. The zero-order chi connectivity index (χ0) is 26.8. The van der Waals surface area contributed by atoms with Crippen molar-refractivity contribution in [3.05, 3.63) is 90.1 Å². The summed E-state index contributed by atoms with van der Waals surface area (Å²) in [5.74, 6) is -1.11. The van der Waals surface area contributed by atoms with Crippen LogP contribution in [0.15, 0.2) is 50.8 Å². The topological polar surface area (TPSA) is 110 Å². The number of esters is 1. The van der Waals surface area contributed by atoms with Gasteiger partial charge in [-0.15, -0.1) is 0 Å². The molecule has 2 aromatic heterocycles. The van der Waals surface area contributed by atoms with Crippen molar-refractivity contribution >= 4 is 17.0 Å². The third-order valence-electron chi connectivity index (χ3n) is 6.74. The van der Waals surface area contributed by atoms with Crippen LogP contribution in [0.4, 0.5) is 13.2 Å². The highest BCUT2D eigenvalue weighted by molar-refractivity contribution is 5.86. The van der Waals surface area contributed by atoms with Gasteiger partial charge in [0, 0.05) is 14.1 Å². The van der Waals surface area contributed by atoms with Gasteiger partial charge in [-0.05, 0) is 48.2 Å². The molecule has 5 rings (SSSR count). The average Bonchev–Trinajstić information content (AvgIpc) is 3.38. The predicted octanol–water partition coefficient (Wildman–Crippen LogP) is 1.93. The van der Waals surface area contributed by atoms with Gasteiger partial charge in [-0.2, -0.15) is 23.0 Å². The number of aryl methyl sites for hydroxylation is 2. The molecule has 2 aromatic carbocycles. The van der Waals surface area contributed by atoms with E-state index in [1.165, 1.54) is 33.4 Å². The van der Waals surface area contributed by atoms with Crippen LogP contribution in [0.3, 0.4) is 0 Å². The van der Waals surface area contributed by atoms with E-state index in [-0.39, 0.29) is 35.3 Å². The van der Waals surface area contributed by atoms with Gasteiger partial charge in [-0.25, -0.2) is 19.0 Å². The summed E-state index contributed by atoms with van der Waals surface area (Å²) < 4.78 is 49.8. The molecule has 1 atom stereocenters. The summed E-state index contributed by atoms with van der Waals surface area (Å²) in [7, 11) is 4.16. The van der Waals surface area contributed by atoms with Crippen LogP contribution in [-0.4, -0.2) is 36.6 Å². The number of fused-ring (bicyclic) bond motifs is 2. The Morgan fingerprint density at radius 3 is 2.41 bits per heavy atom. The number of hydrogen-bond donors (Lipinski definition) is 0. The summed E-state index contributed by atoms with van der Waals surface area (Å²) in [6.45, 7) is 0. The molecule has 1 aliphatic rings. The van der Waals surface area contributed by atoms with E-state index in [9.17, 15) is 32.3 Å². The average molecular weight is 515 g/mol. The third-order valence-corrected chi connectivity index (χ3v) is 6.74. The summed E-state index contributed by atoms with van der Waals surface area (Å²) in [5, 5.41) is 3.95. The van der Waals surface area contributed by atoms with Crippen molar-refractivity contribution in [1.82, 2.24) is 23.5 Å². The molecular weight excluding hydrogens is 495 g/mol. The van der Waals surface area contributed by atoms with E-state index in [0.717, 1.165) is 22.4 Å². The van der Waals surface area contributed by atoms with Gasteiger partial charge in [0.2, 0.25) is 5.69 Å². The molecule has 0 fully saturated rings. The molecule has 0 radical (unpaired) electrons. The second kappa shape index (κ2) is 8.32. The van der Waals surface area contributed by atoms with E-state index >= 15 is 0 Å². The molecule has 10 nitrogen and oxygen atoms in total. The van der Waals surface area contributed by atoms with Crippen LogP contribution in [0.2, 0.25) is 0 Å². The molecular formula is C24H20F3N5O5. The van der Waals surface area contributed by atoms with E-state index in [4.69, 9.17) is 0 Å². The lowest BCUT2D eigenvalue weighted by Crippen LogP contribution is -2.46. The Morgan fingerprint density at radius 1 is 1.03 bits per heavy atom. The van der Waals surface area contributed by atoms with Crippen LogP contribution < -0.4 is 16.9 Å². The monoisotopic (exact) mass is 515 g/mol. The number of imidazole rings is 1. The fourth-order valence-electron chi connectivity index (χ4n) is 4.95. The van der Waals surface area contributed by atoms with Crippen molar-refractivity contribution in [2.75, 3.05) is 7.11 Å². The highest BCUT2D eigenvalue weighted by Crippen LogP contribution is 2.41. The first-order valence-corrected chi connectivity index (χ1v) is 11.1. The van der Waals surface area contributed by atoms with Crippen LogP contribution in [0.25, 0.3) is 16.7 Å². The number of hydrogen-bond acceptors (Lipinski definition) is 6. The number of carbonyl (C=O) groups is 1. The lowest BCUT2D eigenvalue weighted by molar-refractivity contribution is -0.138. The normalized spacial score (nSPS) is 15.2. The number of carbonyl (C=O) groups excluding carboxylic acids is 1. The lowest BCUT2D eigenvalue weighted by Gasteiger charge is -2.18. The fourth-order valence-corrected chi connectivity index (χ4v) is 4.95.